The summed E-state index contributed by atoms with van der Waals surface area (Å²) in [6.45, 7) is 2.70. The molecule has 0 aliphatic carbocycles. The molecule has 0 bridgehead atoms. The maximum Gasteiger partial charge on any atom is 0.147 e. The third kappa shape index (κ3) is 4.91. The SMILES string of the molecule is CN(C)CCOc1cc(F)cc(-c2cncc3[nH]c(-c4n[nH]c5cnc(-c6cncc(N7CC(N)C7)n6)cc45)cc23)c1. The summed E-state index contributed by atoms with van der Waals surface area (Å²) in [5, 5.41) is 9.43. The minimum atomic E-state index is -0.373. The standard InChI is InChI=1S/C30H29FN10O/c1-40(2)3-4-42-20-6-17(5-18(31)7-20)23-10-33-11-26-21(23)8-25(36-26)30-22-9-24(35-13-27(22)38-39-30)28-12-34-14-29(37-28)41-15-19(32)16-41/h5-14,19,36H,3-4,15-16,32H2,1-2H3,(H,38,39). The highest BCUT2D eigenvalue weighted by Crippen LogP contribution is 2.35. The van der Waals surface area contributed by atoms with E-state index in [9.17, 15) is 4.39 Å². The molecule has 6 aromatic rings. The van der Waals surface area contributed by atoms with Gasteiger partial charge in [-0.15, -0.1) is 0 Å². The van der Waals surface area contributed by atoms with E-state index in [1.54, 1.807) is 31.0 Å². The summed E-state index contributed by atoms with van der Waals surface area (Å²) >= 11 is 0. The lowest BCUT2D eigenvalue weighted by atomic mass is 10.0. The maximum atomic E-state index is 14.6. The molecule has 1 fully saturated rings. The number of likely N-dealkylation sites (N-methyl/N-ethyl adjacent to an activating group) is 1. The van der Waals surface area contributed by atoms with Crippen LogP contribution in [0.1, 0.15) is 0 Å². The van der Waals surface area contributed by atoms with E-state index >= 15 is 0 Å². The average molecular weight is 565 g/mol. The lowest BCUT2D eigenvalue weighted by Crippen LogP contribution is -2.56. The van der Waals surface area contributed by atoms with Gasteiger partial charge in [0.25, 0.3) is 0 Å². The van der Waals surface area contributed by atoms with Crippen molar-refractivity contribution < 1.29 is 9.13 Å². The van der Waals surface area contributed by atoms with E-state index in [0.717, 1.165) is 64.2 Å². The van der Waals surface area contributed by atoms with Crippen LogP contribution in [-0.2, 0) is 0 Å². The zero-order valence-corrected chi connectivity index (χ0v) is 23.2. The van der Waals surface area contributed by atoms with Crippen LogP contribution in [0.3, 0.4) is 0 Å². The number of nitrogens with one attached hydrogen (secondary N) is 2. The molecule has 0 unspecified atom stereocenters. The predicted molar refractivity (Wildman–Crippen MR) is 160 cm³/mol. The molecule has 1 aliphatic rings. The van der Waals surface area contributed by atoms with Crippen LogP contribution in [0.2, 0.25) is 0 Å². The van der Waals surface area contributed by atoms with Gasteiger partial charge in [0.2, 0.25) is 0 Å². The number of nitrogens with two attached hydrogens (primary N) is 1. The number of ether oxygens (including phenoxy) is 1. The molecule has 4 N–H and O–H groups in total. The monoisotopic (exact) mass is 564 g/mol. The van der Waals surface area contributed by atoms with Gasteiger partial charge in [-0.3, -0.25) is 20.1 Å². The van der Waals surface area contributed by atoms with Crippen LogP contribution >= 0.6 is 0 Å². The lowest BCUT2D eigenvalue weighted by molar-refractivity contribution is 0.260. The fraction of sp³-hybridized carbons (Fsp3) is 0.233. The molecule has 0 spiro atoms. The molecular formula is C30H29FN10O. The van der Waals surface area contributed by atoms with Crippen molar-refractivity contribution in [2.24, 2.45) is 5.73 Å². The van der Waals surface area contributed by atoms with Crippen molar-refractivity contribution >= 4 is 27.6 Å². The van der Waals surface area contributed by atoms with Gasteiger partial charge in [0, 0.05) is 54.3 Å². The van der Waals surface area contributed by atoms with E-state index in [1.165, 1.54) is 12.1 Å². The highest BCUT2D eigenvalue weighted by molar-refractivity contribution is 6.01. The maximum absolute atomic E-state index is 14.6. The number of hydrogen-bond donors (Lipinski definition) is 3. The second-order valence-electron chi connectivity index (χ2n) is 10.8. The summed E-state index contributed by atoms with van der Waals surface area (Å²) in [5.41, 5.74) is 11.9. The molecule has 0 saturated carbocycles. The smallest absolute Gasteiger partial charge is 0.147 e. The normalized spacial score (nSPS) is 13.8. The van der Waals surface area contributed by atoms with Gasteiger partial charge in [0.1, 0.15) is 35.4 Å². The van der Waals surface area contributed by atoms with E-state index in [-0.39, 0.29) is 11.9 Å². The summed E-state index contributed by atoms with van der Waals surface area (Å²) in [5.74, 6) is 0.882. The Morgan fingerprint density at radius 3 is 2.67 bits per heavy atom. The number of hydrogen-bond acceptors (Lipinski definition) is 9. The minimum Gasteiger partial charge on any atom is -0.492 e. The number of fused-ring (bicyclic) bond motifs is 2. The van der Waals surface area contributed by atoms with E-state index < -0.39 is 0 Å². The molecule has 1 aliphatic heterocycles. The topological polar surface area (TPSA) is 138 Å². The second kappa shape index (κ2) is 10.5. The van der Waals surface area contributed by atoms with Crippen molar-refractivity contribution in [3.63, 3.8) is 0 Å². The van der Waals surface area contributed by atoms with Gasteiger partial charge in [-0.1, -0.05) is 0 Å². The zero-order chi connectivity index (χ0) is 28.8. The van der Waals surface area contributed by atoms with E-state index in [4.69, 9.17) is 15.5 Å². The quantitative estimate of drug-likeness (QED) is 0.252. The lowest BCUT2D eigenvalue weighted by Gasteiger charge is -2.37. The van der Waals surface area contributed by atoms with E-state index in [1.807, 2.05) is 37.2 Å². The molecule has 1 aromatic carbocycles. The Morgan fingerprint density at radius 1 is 0.976 bits per heavy atom. The summed E-state index contributed by atoms with van der Waals surface area (Å²) in [6, 6.07) is 8.86. The Balaban J connectivity index is 1.24. The number of benzene rings is 1. The fourth-order valence-electron chi connectivity index (χ4n) is 5.15. The molecular weight excluding hydrogens is 535 g/mol. The van der Waals surface area contributed by atoms with Crippen molar-refractivity contribution in [2.75, 3.05) is 45.2 Å². The number of aromatic amines is 2. The minimum absolute atomic E-state index is 0.162. The first-order valence-corrected chi connectivity index (χ1v) is 13.6. The Labute approximate surface area is 240 Å². The number of H-pyrrole nitrogens is 2. The van der Waals surface area contributed by atoms with E-state index in [2.05, 4.69) is 35.0 Å². The van der Waals surface area contributed by atoms with Crippen LogP contribution in [-0.4, -0.2) is 86.4 Å². The number of nitrogens with zero attached hydrogens (tertiary/aromatic N) is 7. The third-order valence-electron chi connectivity index (χ3n) is 7.36. The predicted octanol–water partition coefficient (Wildman–Crippen LogP) is 3.85. The first kappa shape index (κ1) is 26.0. The molecule has 6 heterocycles. The van der Waals surface area contributed by atoms with Gasteiger partial charge >= 0.3 is 0 Å². The number of anilines is 1. The highest BCUT2D eigenvalue weighted by Gasteiger charge is 2.25. The summed E-state index contributed by atoms with van der Waals surface area (Å²) in [4.78, 5) is 25.7. The molecule has 42 heavy (non-hydrogen) atoms. The van der Waals surface area contributed by atoms with Gasteiger partial charge in [-0.2, -0.15) is 5.10 Å². The summed E-state index contributed by atoms with van der Waals surface area (Å²) < 4.78 is 20.5. The average Bonchev–Trinajstić information content (AvgIpc) is 3.59. The van der Waals surface area contributed by atoms with Crippen LogP contribution < -0.4 is 15.4 Å². The molecule has 1 saturated heterocycles. The second-order valence-corrected chi connectivity index (χ2v) is 10.8. The van der Waals surface area contributed by atoms with Gasteiger partial charge < -0.3 is 25.3 Å². The molecule has 7 rings (SSSR count). The van der Waals surface area contributed by atoms with E-state index in [0.29, 0.717) is 29.3 Å². The van der Waals surface area contributed by atoms with Crippen molar-refractivity contribution in [3.05, 3.63) is 67.1 Å². The van der Waals surface area contributed by atoms with Crippen LogP contribution in [0, 0.1) is 5.82 Å². The van der Waals surface area contributed by atoms with Gasteiger partial charge in [0.15, 0.2) is 0 Å². The first-order chi connectivity index (χ1) is 20.4. The Kier molecular flexibility index (Phi) is 6.48. The van der Waals surface area contributed by atoms with Crippen molar-refractivity contribution in [2.45, 2.75) is 6.04 Å². The van der Waals surface area contributed by atoms with Gasteiger partial charge in [-0.25, -0.2) is 9.37 Å². The molecule has 212 valence electrons. The summed E-state index contributed by atoms with van der Waals surface area (Å²) in [7, 11) is 3.93. The Morgan fingerprint density at radius 2 is 1.83 bits per heavy atom. The Bertz CT molecular complexity index is 1910. The molecule has 11 nitrogen and oxygen atoms in total. The molecule has 0 radical (unpaired) electrons. The highest BCUT2D eigenvalue weighted by atomic mass is 19.1. The zero-order valence-electron chi connectivity index (χ0n) is 23.2. The van der Waals surface area contributed by atoms with Crippen LogP contribution in [0.4, 0.5) is 10.2 Å². The fourth-order valence-corrected chi connectivity index (χ4v) is 5.15. The number of rotatable bonds is 8. The molecule has 0 atom stereocenters. The molecule has 5 aromatic heterocycles. The van der Waals surface area contributed by atoms with Crippen LogP contribution in [0.5, 0.6) is 5.75 Å². The Hall–Kier alpha value is -4.94. The summed E-state index contributed by atoms with van der Waals surface area (Å²) in [6.07, 6.45) is 8.68. The number of aromatic nitrogens is 7. The van der Waals surface area contributed by atoms with Gasteiger partial charge in [0.05, 0.1) is 47.2 Å². The third-order valence-corrected chi connectivity index (χ3v) is 7.36. The number of halogens is 1. The van der Waals surface area contributed by atoms with Crippen molar-refractivity contribution in [1.29, 1.82) is 0 Å². The molecule has 0 amide bonds. The van der Waals surface area contributed by atoms with Crippen molar-refractivity contribution in [3.8, 4) is 39.7 Å². The van der Waals surface area contributed by atoms with Crippen LogP contribution in [0.25, 0.3) is 55.7 Å². The first-order valence-electron chi connectivity index (χ1n) is 13.6. The van der Waals surface area contributed by atoms with Crippen molar-refractivity contribution in [1.82, 2.24) is 40.0 Å². The largest absolute Gasteiger partial charge is 0.492 e. The molecule has 12 heteroatoms. The number of pyridine rings is 2. The van der Waals surface area contributed by atoms with Gasteiger partial charge in [-0.05, 0) is 43.9 Å². The van der Waals surface area contributed by atoms with Crippen LogP contribution in [0.15, 0.2) is 61.3 Å².